The zero-order chi connectivity index (χ0) is 20.5. The Labute approximate surface area is 165 Å². The molecule has 7 nitrogen and oxygen atoms in total. The van der Waals surface area contributed by atoms with Crippen molar-refractivity contribution in [1.29, 1.82) is 0 Å². The van der Waals surface area contributed by atoms with E-state index in [1.165, 1.54) is 4.31 Å². The summed E-state index contributed by atoms with van der Waals surface area (Å²) in [5.74, 6) is -0.985. The Balaban J connectivity index is 2.07. The maximum atomic E-state index is 13.1. The minimum atomic E-state index is -3.59. The van der Waals surface area contributed by atoms with Crippen LogP contribution in [0.3, 0.4) is 0 Å². The molecule has 0 aliphatic carbocycles. The van der Waals surface area contributed by atoms with Gasteiger partial charge in [0, 0.05) is 24.5 Å². The SMILES string of the molecule is [C-]#[N+]c1c(Cc2ccccc2S(=O)(=O)N2CCCC2)c(C)n(CC(=O)O)c1C. The van der Waals surface area contributed by atoms with Crippen LogP contribution in [0.4, 0.5) is 5.69 Å². The number of nitrogens with zero attached hydrogens (tertiary/aromatic N) is 3. The van der Waals surface area contributed by atoms with E-state index < -0.39 is 16.0 Å². The summed E-state index contributed by atoms with van der Waals surface area (Å²) in [5, 5.41) is 9.17. The van der Waals surface area contributed by atoms with Crippen molar-refractivity contribution in [1.82, 2.24) is 8.87 Å². The molecule has 0 saturated carbocycles. The predicted molar refractivity (Wildman–Crippen MR) is 105 cm³/mol. The number of benzene rings is 1. The Morgan fingerprint density at radius 3 is 2.43 bits per heavy atom. The Hall–Kier alpha value is -2.63. The molecule has 1 aliphatic rings. The molecule has 8 heteroatoms. The summed E-state index contributed by atoms with van der Waals surface area (Å²) in [6.07, 6.45) is 1.99. The van der Waals surface area contributed by atoms with Crippen LogP contribution >= 0.6 is 0 Å². The van der Waals surface area contributed by atoms with Crippen molar-refractivity contribution in [3.05, 3.63) is 58.2 Å². The number of hydrogen-bond donors (Lipinski definition) is 1. The van der Waals surface area contributed by atoms with Crippen LogP contribution in [0.5, 0.6) is 0 Å². The van der Waals surface area contributed by atoms with Gasteiger partial charge in [-0.15, -0.1) is 0 Å². The normalized spacial score (nSPS) is 14.9. The van der Waals surface area contributed by atoms with E-state index in [0.29, 0.717) is 41.3 Å². The second-order valence-electron chi connectivity index (χ2n) is 6.99. The van der Waals surface area contributed by atoms with Crippen molar-refractivity contribution in [2.45, 2.75) is 44.6 Å². The third kappa shape index (κ3) is 3.55. The van der Waals surface area contributed by atoms with Gasteiger partial charge in [0.2, 0.25) is 15.7 Å². The highest BCUT2D eigenvalue weighted by molar-refractivity contribution is 7.89. The minimum Gasteiger partial charge on any atom is -0.480 e. The molecule has 1 aromatic heterocycles. The fraction of sp³-hybridized carbons (Fsp3) is 0.400. The van der Waals surface area contributed by atoms with Gasteiger partial charge in [0.15, 0.2) is 0 Å². The highest BCUT2D eigenvalue weighted by Gasteiger charge is 2.30. The lowest BCUT2D eigenvalue weighted by Crippen LogP contribution is -2.28. The Bertz CT molecular complexity index is 1060. The first-order chi connectivity index (χ1) is 13.3. The van der Waals surface area contributed by atoms with Gasteiger partial charge >= 0.3 is 5.97 Å². The van der Waals surface area contributed by atoms with E-state index in [1.807, 2.05) is 0 Å². The van der Waals surface area contributed by atoms with Crippen molar-refractivity contribution >= 4 is 21.7 Å². The molecular weight excluding hydrogens is 378 g/mol. The first kappa shape index (κ1) is 20.1. The Morgan fingerprint density at radius 1 is 1.18 bits per heavy atom. The van der Waals surface area contributed by atoms with Crippen LogP contribution in [0.1, 0.15) is 35.4 Å². The van der Waals surface area contributed by atoms with Crippen molar-refractivity contribution < 1.29 is 18.3 Å². The second kappa shape index (κ2) is 7.78. The molecule has 3 rings (SSSR count). The largest absolute Gasteiger partial charge is 0.480 e. The van der Waals surface area contributed by atoms with E-state index in [1.54, 1.807) is 42.7 Å². The summed E-state index contributed by atoms with van der Waals surface area (Å²) >= 11 is 0. The highest BCUT2D eigenvalue weighted by Crippen LogP contribution is 2.34. The van der Waals surface area contributed by atoms with Crippen LogP contribution < -0.4 is 0 Å². The zero-order valence-corrected chi connectivity index (χ0v) is 16.8. The molecular formula is C20H23N3O4S. The van der Waals surface area contributed by atoms with E-state index in [9.17, 15) is 13.2 Å². The van der Waals surface area contributed by atoms with E-state index >= 15 is 0 Å². The van der Waals surface area contributed by atoms with Gasteiger partial charge in [-0.2, -0.15) is 4.31 Å². The molecule has 0 bridgehead atoms. The first-order valence-electron chi connectivity index (χ1n) is 9.13. The molecule has 2 aromatic rings. The van der Waals surface area contributed by atoms with Crippen molar-refractivity contribution in [2.75, 3.05) is 13.1 Å². The van der Waals surface area contributed by atoms with Crippen LogP contribution in [-0.2, 0) is 27.8 Å². The van der Waals surface area contributed by atoms with Gasteiger partial charge in [0.25, 0.3) is 0 Å². The minimum absolute atomic E-state index is 0.228. The lowest BCUT2D eigenvalue weighted by molar-refractivity contribution is -0.137. The monoisotopic (exact) mass is 401 g/mol. The lowest BCUT2D eigenvalue weighted by Gasteiger charge is -2.18. The maximum absolute atomic E-state index is 13.1. The Morgan fingerprint density at radius 2 is 1.82 bits per heavy atom. The molecule has 0 radical (unpaired) electrons. The topological polar surface area (TPSA) is 84.0 Å². The predicted octanol–water partition coefficient (Wildman–Crippen LogP) is 3.12. The number of rotatable bonds is 6. The van der Waals surface area contributed by atoms with Gasteiger partial charge in [0.05, 0.1) is 11.5 Å². The third-order valence-corrected chi connectivity index (χ3v) is 7.30. The number of sulfonamides is 1. The van der Waals surface area contributed by atoms with Gasteiger partial charge in [-0.1, -0.05) is 18.2 Å². The molecule has 1 N–H and O–H groups in total. The van der Waals surface area contributed by atoms with Crippen LogP contribution in [0.2, 0.25) is 0 Å². The van der Waals surface area contributed by atoms with E-state index in [-0.39, 0.29) is 17.9 Å². The molecule has 1 aromatic carbocycles. The summed E-state index contributed by atoms with van der Waals surface area (Å²) in [4.78, 5) is 15.1. The number of hydrogen-bond acceptors (Lipinski definition) is 3. The van der Waals surface area contributed by atoms with Gasteiger partial charge in [-0.25, -0.2) is 13.3 Å². The maximum Gasteiger partial charge on any atom is 0.323 e. The van der Waals surface area contributed by atoms with Crippen LogP contribution in [0, 0.1) is 20.4 Å². The summed E-state index contributed by atoms with van der Waals surface area (Å²) in [6.45, 7) is 11.9. The molecule has 148 valence electrons. The number of carbonyl (C=O) groups is 1. The van der Waals surface area contributed by atoms with Crippen molar-refractivity contribution in [2.24, 2.45) is 0 Å². The number of carboxylic acids is 1. The van der Waals surface area contributed by atoms with Gasteiger partial charge < -0.3 is 9.67 Å². The summed E-state index contributed by atoms with van der Waals surface area (Å²) < 4.78 is 29.3. The smallest absolute Gasteiger partial charge is 0.323 e. The van der Waals surface area contributed by atoms with Crippen LogP contribution in [-0.4, -0.2) is 41.5 Å². The first-order valence-corrected chi connectivity index (χ1v) is 10.6. The molecule has 1 fully saturated rings. The number of carboxylic acid groups (broad SMARTS) is 1. The third-order valence-electron chi connectivity index (χ3n) is 5.30. The molecule has 1 aliphatic heterocycles. The van der Waals surface area contributed by atoms with Gasteiger partial charge in [-0.05, 0) is 50.3 Å². The van der Waals surface area contributed by atoms with Gasteiger partial charge in [0.1, 0.15) is 6.54 Å². The highest BCUT2D eigenvalue weighted by atomic mass is 32.2. The van der Waals surface area contributed by atoms with E-state index in [4.69, 9.17) is 11.7 Å². The molecule has 0 unspecified atom stereocenters. The number of aliphatic carboxylic acids is 1. The quantitative estimate of drug-likeness (QED) is 0.754. The summed E-state index contributed by atoms with van der Waals surface area (Å²) in [6, 6.07) is 6.86. The second-order valence-corrected chi connectivity index (χ2v) is 8.89. The molecule has 0 atom stereocenters. The molecule has 0 amide bonds. The summed E-state index contributed by atoms with van der Waals surface area (Å²) in [7, 11) is -3.59. The van der Waals surface area contributed by atoms with Gasteiger partial charge in [-0.3, -0.25) is 4.79 Å². The summed E-state index contributed by atoms with van der Waals surface area (Å²) in [5.41, 5.74) is 2.96. The van der Waals surface area contributed by atoms with E-state index in [2.05, 4.69) is 4.85 Å². The molecule has 28 heavy (non-hydrogen) atoms. The fourth-order valence-corrected chi connectivity index (χ4v) is 5.56. The molecule has 1 saturated heterocycles. The van der Waals surface area contributed by atoms with Crippen molar-refractivity contribution in [3.8, 4) is 0 Å². The molecule has 0 spiro atoms. The average Bonchev–Trinajstić information content (AvgIpc) is 3.26. The molecule has 2 heterocycles. The van der Waals surface area contributed by atoms with Crippen molar-refractivity contribution in [3.63, 3.8) is 0 Å². The van der Waals surface area contributed by atoms with Crippen LogP contribution in [0.25, 0.3) is 4.85 Å². The standard InChI is InChI=1S/C20H23N3O4S/c1-14-17(20(21-3)15(2)23(14)13-19(24)25)12-16-8-4-5-9-18(16)28(26,27)22-10-6-7-11-22/h4-5,8-9H,6-7,10-13H2,1-2H3,(H,24,25). The lowest BCUT2D eigenvalue weighted by atomic mass is 10.0. The number of aromatic nitrogens is 1. The van der Waals surface area contributed by atoms with Crippen LogP contribution in [0.15, 0.2) is 29.2 Å². The average molecular weight is 401 g/mol. The Kier molecular flexibility index (Phi) is 5.59. The van der Waals surface area contributed by atoms with E-state index in [0.717, 1.165) is 12.8 Å². The zero-order valence-electron chi connectivity index (χ0n) is 16.0. The fourth-order valence-electron chi connectivity index (χ4n) is 3.82.